The molecule has 0 saturated heterocycles. The summed E-state index contributed by atoms with van der Waals surface area (Å²) < 4.78 is 0. The summed E-state index contributed by atoms with van der Waals surface area (Å²) in [6, 6.07) is 8.45. The molecule has 112 valence electrons. The van der Waals surface area contributed by atoms with E-state index in [-0.39, 0.29) is 5.91 Å². The molecule has 0 radical (unpaired) electrons. The van der Waals surface area contributed by atoms with E-state index in [0.29, 0.717) is 6.42 Å². The van der Waals surface area contributed by atoms with Crippen LogP contribution in [0.3, 0.4) is 0 Å². The number of hydrogen-bond donors (Lipinski definition) is 2. The highest BCUT2D eigenvalue weighted by atomic mass is 16.1. The number of likely N-dealkylation sites (N-methyl/N-ethyl adjacent to an activating group) is 1. The molecule has 0 saturated carbocycles. The number of nitrogens with two attached hydrogens (primary N) is 1. The fourth-order valence-electron chi connectivity index (χ4n) is 2.27. The number of rotatable bonds is 8. The van der Waals surface area contributed by atoms with Gasteiger partial charge in [0, 0.05) is 18.8 Å². The number of benzene rings is 1. The molecule has 0 aromatic heterocycles. The Labute approximate surface area is 122 Å². The Bertz CT molecular complexity index is 430. The predicted octanol–water partition coefficient (Wildman–Crippen LogP) is 2.06. The molecule has 4 heteroatoms. The second-order valence-corrected chi connectivity index (χ2v) is 5.39. The van der Waals surface area contributed by atoms with Crippen LogP contribution in [0.15, 0.2) is 24.3 Å². The Hall–Kier alpha value is -1.55. The van der Waals surface area contributed by atoms with E-state index in [1.54, 1.807) is 0 Å². The van der Waals surface area contributed by atoms with Crippen molar-refractivity contribution in [1.82, 2.24) is 5.32 Å². The Morgan fingerprint density at radius 1 is 1.30 bits per heavy atom. The lowest BCUT2D eigenvalue weighted by Gasteiger charge is -2.31. The van der Waals surface area contributed by atoms with Crippen molar-refractivity contribution in [2.24, 2.45) is 5.73 Å². The van der Waals surface area contributed by atoms with Crippen LogP contribution in [0.5, 0.6) is 0 Å². The van der Waals surface area contributed by atoms with Crippen LogP contribution in [0.4, 0.5) is 5.69 Å². The van der Waals surface area contributed by atoms with Crippen LogP contribution in [0.2, 0.25) is 0 Å². The first-order valence-corrected chi connectivity index (χ1v) is 7.29. The summed E-state index contributed by atoms with van der Waals surface area (Å²) in [6.45, 7) is 10.5. The third-order valence-electron chi connectivity index (χ3n) is 3.77. The van der Waals surface area contributed by atoms with Crippen molar-refractivity contribution in [2.75, 3.05) is 24.5 Å². The van der Waals surface area contributed by atoms with Crippen molar-refractivity contribution in [3.63, 3.8) is 0 Å². The zero-order chi connectivity index (χ0) is 15.2. The van der Waals surface area contributed by atoms with Crippen molar-refractivity contribution < 1.29 is 4.79 Å². The summed E-state index contributed by atoms with van der Waals surface area (Å²) in [5, 5.41) is 3.20. The molecule has 1 rings (SSSR count). The molecule has 0 spiro atoms. The second kappa shape index (κ2) is 7.29. The van der Waals surface area contributed by atoms with Gasteiger partial charge in [0.2, 0.25) is 5.91 Å². The summed E-state index contributed by atoms with van der Waals surface area (Å²) in [5.74, 6) is -0.292. The van der Waals surface area contributed by atoms with E-state index >= 15 is 0 Å². The lowest BCUT2D eigenvalue weighted by molar-refractivity contribution is -0.124. The number of nitrogens with one attached hydrogen (secondary N) is 1. The van der Waals surface area contributed by atoms with E-state index in [1.165, 1.54) is 11.3 Å². The number of aryl methyl sites for hydroxylation is 1. The maximum Gasteiger partial charge on any atom is 0.237 e. The molecule has 1 aromatic rings. The summed E-state index contributed by atoms with van der Waals surface area (Å²) in [6.07, 6.45) is 0.692. The van der Waals surface area contributed by atoms with Crippen LogP contribution >= 0.6 is 0 Å². The van der Waals surface area contributed by atoms with Gasteiger partial charge in [-0.25, -0.2) is 0 Å². The van der Waals surface area contributed by atoms with Crippen molar-refractivity contribution >= 4 is 11.6 Å². The van der Waals surface area contributed by atoms with Crippen LogP contribution < -0.4 is 16.0 Å². The minimum atomic E-state index is -0.646. The Kier molecular flexibility index (Phi) is 6.02. The van der Waals surface area contributed by atoms with Crippen LogP contribution in [-0.4, -0.2) is 31.1 Å². The maximum absolute atomic E-state index is 11.6. The molecule has 20 heavy (non-hydrogen) atoms. The van der Waals surface area contributed by atoms with E-state index in [0.717, 1.165) is 19.6 Å². The van der Waals surface area contributed by atoms with Crippen LogP contribution in [0.25, 0.3) is 0 Å². The topological polar surface area (TPSA) is 58.4 Å². The molecular formula is C16H27N3O. The molecule has 0 aliphatic rings. The molecule has 0 bridgehead atoms. The molecule has 1 amide bonds. The molecule has 1 atom stereocenters. The lowest BCUT2D eigenvalue weighted by atomic mass is 9.96. The standard InChI is InChI=1S/C16H27N3O/c1-5-18-16(4,15(17)20)11-12-19(6-2)14-9-7-13(3)8-10-14/h7-10,18H,5-6,11-12H2,1-4H3,(H2,17,20). The van der Waals surface area contributed by atoms with Crippen molar-refractivity contribution in [3.8, 4) is 0 Å². The fourth-order valence-corrected chi connectivity index (χ4v) is 2.27. The summed E-state index contributed by atoms with van der Waals surface area (Å²) >= 11 is 0. The van der Waals surface area contributed by atoms with Crippen molar-refractivity contribution in [3.05, 3.63) is 29.8 Å². The van der Waals surface area contributed by atoms with Gasteiger partial charge >= 0.3 is 0 Å². The van der Waals surface area contributed by atoms with Gasteiger partial charge in [0.25, 0.3) is 0 Å². The van der Waals surface area contributed by atoms with E-state index < -0.39 is 5.54 Å². The second-order valence-electron chi connectivity index (χ2n) is 5.39. The van der Waals surface area contributed by atoms with E-state index in [9.17, 15) is 4.79 Å². The molecule has 4 nitrogen and oxygen atoms in total. The zero-order valence-electron chi connectivity index (χ0n) is 13.1. The van der Waals surface area contributed by atoms with Gasteiger partial charge in [-0.05, 0) is 45.9 Å². The van der Waals surface area contributed by atoms with Crippen molar-refractivity contribution in [1.29, 1.82) is 0 Å². The molecule has 0 aliphatic heterocycles. The molecule has 1 unspecified atom stereocenters. The number of anilines is 1. The zero-order valence-corrected chi connectivity index (χ0v) is 13.1. The SMILES string of the molecule is CCNC(C)(CCN(CC)c1ccc(C)cc1)C(N)=O. The summed E-state index contributed by atoms with van der Waals surface area (Å²) in [4.78, 5) is 13.9. The molecule has 0 aliphatic carbocycles. The number of nitrogens with zero attached hydrogens (tertiary/aromatic N) is 1. The Morgan fingerprint density at radius 2 is 1.90 bits per heavy atom. The van der Waals surface area contributed by atoms with Gasteiger partial charge < -0.3 is 16.0 Å². The fraction of sp³-hybridized carbons (Fsp3) is 0.562. The largest absolute Gasteiger partial charge is 0.372 e. The van der Waals surface area contributed by atoms with Crippen LogP contribution in [0.1, 0.15) is 32.8 Å². The Morgan fingerprint density at radius 3 is 2.35 bits per heavy atom. The molecule has 3 N–H and O–H groups in total. The van der Waals surface area contributed by atoms with Crippen LogP contribution in [0, 0.1) is 6.92 Å². The normalized spacial score (nSPS) is 13.8. The quantitative estimate of drug-likeness (QED) is 0.765. The van der Waals surface area contributed by atoms with Crippen molar-refractivity contribution in [2.45, 2.75) is 39.7 Å². The molecular weight excluding hydrogens is 250 g/mol. The lowest BCUT2D eigenvalue weighted by Crippen LogP contribution is -2.54. The van der Waals surface area contributed by atoms with Gasteiger partial charge in [0.15, 0.2) is 0 Å². The third kappa shape index (κ3) is 4.23. The first-order chi connectivity index (χ1) is 9.42. The monoisotopic (exact) mass is 277 g/mol. The number of carbonyl (C=O) groups excluding carboxylic acids is 1. The minimum Gasteiger partial charge on any atom is -0.372 e. The van der Waals surface area contributed by atoms with E-state index in [4.69, 9.17) is 5.73 Å². The highest BCUT2D eigenvalue weighted by Gasteiger charge is 2.30. The Balaban J connectivity index is 2.73. The van der Waals surface area contributed by atoms with Gasteiger partial charge in [-0.1, -0.05) is 24.6 Å². The minimum absolute atomic E-state index is 0.292. The average Bonchev–Trinajstić information content (AvgIpc) is 2.41. The number of primary amides is 1. The van der Waals surface area contributed by atoms with E-state index in [2.05, 4.69) is 48.3 Å². The molecule has 0 fully saturated rings. The van der Waals surface area contributed by atoms with Gasteiger partial charge in [-0.15, -0.1) is 0 Å². The average molecular weight is 277 g/mol. The summed E-state index contributed by atoms with van der Waals surface area (Å²) in [5.41, 5.74) is 7.31. The molecule has 0 heterocycles. The third-order valence-corrected chi connectivity index (χ3v) is 3.77. The van der Waals surface area contributed by atoms with Gasteiger partial charge in [-0.3, -0.25) is 4.79 Å². The number of hydrogen-bond acceptors (Lipinski definition) is 3. The number of carbonyl (C=O) groups is 1. The first kappa shape index (κ1) is 16.5. The first-order valence-electron chi connectivity index (χ1n) is 7.29. The van der Waals surface area contributed by atoms with Gasteiger partial charge in [-0.2, -0.15) is 0 Å². The van der Waals surface area contributed by atoms with E-state index in [1.807, 2.05) is 13.8 Å². The maximum atomic E-state index is 11.6. The summed E-state index contributed by atoms with van der Waals surface area (Å²) in [7, 11) is 0. The van der Waals surface area contributed by atoms with Crippen LogP contribution in [-0.2, 0) is 4.79 Å². The predicted molar refractivity (Wildman–Crippen MR) is 85.0 cm³/mol. The van der Waals surface area contributed by atoms with Gasteiger partial charge in [0.05, 0.1) is 5.54 Å². The smallest absolute Gasteiger partial charge is 0.237 e. The highest BCUT2D eigenvalue weighted by molar-refractivity contribution is 5.84. The van der Waals surface area contributed by atoms with Gasteiger partial charge in [0.1, 0.15) is 0 Å². The molecule has 1 aromatic carbocycles. The highest BCUT2D eigenvalue weighted by Crippen LogP contribution is 2.18. The number of amides is 1.